The van der Waals surface area contributed by atoms with Crippen molar-refractivity contribution in [2.75, 3.05) is 26.9 Å². The summed E-state index contributed by atoms with van der Waals surface area (Å²) in [6.45, 7) is 2.34. The molecule has 0 aliphatic carbocycles. The second-order valence-electron chi connectivity index (χ2n) is 4.35. The zero-order valence-electron chi connectivity index (χ0n) is 11.7. The van der Waals surface area contributed by atoms with Crippen LogP contribution in [0.2, 0.25) is 0 Å². The van der Waals surface area contributed by atoms with Gasteiger partial charge in [0.1, 0.15) is 0 Å². The molecule has 1 aromatic carbocycles. The first-order valence-corrected chi connectivity index (χ1v) is 6.40. The van der Waals surface area contributed by atoms with E-state index in [0.717, 1.165) is 0 Å². The first-order valence-electron chi connectivity index (χ1n) is 6.40. The molecule has 112 valence electrons. The zero-order chi connectivity index (χ0) is 15.0. The number of halogens is 1. The number of carbonyl (C=O) groups excluding carboxylic acids is 1. The Morgan fingerprint density at radius 2 is 2.25 bits per heavy atom. The third kappa shape index (κ3) is 5.54. The Bertz CT molecular complexity index is 437. The monoisotopic (exact) mass is 285 g/mol. The highest BCUT2D eigenvalue weighted by atomic mass is 19.1. The predicted octanol–water partition coefficient (Wildman–Crippen LogP) is 1.41. The maximum Gasteiger partial charge on any atom is 0.257 e. The summed E-state index contributed by atoms with van der Waals surface area (Å²) in [5, 5.41) is 11.9. The van der Waals surface area contributed by atoms with Crippen LogP contribution < -0.4 is 10.1 Å². The lowest BCUT2D eigenvalue weighted by molar-refractivity contribution is -0.123. The molecule has 0 radical (unpaired) electrons. The molecule has 0 aliphatic heterocycles. The number of aliphatic hydroxyl groups is 1. The molecule has 0 aliphatic rings. The summed E-state index contributed by atoms with van der Waals surface area (Å²) in [5.41, 5.74) is 0.457. The summed E-state index contributed by atoms with van der Waals surface area (Å²) < 4.78 is 23.6. The van der Waals surface area contributed by atoms with Crippen LogP contribution in [-0.2, 0) is 9.53 Å². The Kier molecular flexibility index (Phi) is 6.97. The molecule has 1 atom stereocenters. The lowest BCUT2D eigenvalue weighted by atomic mass is 10.1. The van der Waals surface area contributed by atoms with Crippen LogP contribution in [0.25, 0.3) is 0 Å². The standard InChI is InChI=1S/C14H20FNO4/c1-10(17)11-4-5-13(12(15)8-11)20-9-14(18)16-6-3-7-19-2/h4-5,8,10,17H,3,6-7,9H2,1-2H3,(H,16,18)/t10-/m0/s1. The molecule has 2 N–H and O–H groups in total. The van der Waals surface area contributed by atoms with Crippen LogP contribution in [0.5, 0.6) is 5.75 Å². The quantitative estimate of drug-likeness (QED) is 0.709. The fraction of sp³-hybridized carbons (Fsp3) is 0.500. The number of hydrogen-bond donors (Lipinski definition) is 2. The molecule has 0 fully saturated rings. The molecule has 6 heteroatoms. The summed E-state index contributed by atoms with van der Waals surface area (Å²) in [4.78, 5) is 11.4. The van der Waals surface area contributed by atoms with Crippen molar-refractivity contribution in [1.82, 2.24) is 5.32 Å². The highest BCUT2D eigenvalue weighted by molar-refractivity contribution is 5.77. The third-order valence-electron chi connectivity index (χ3n) is 2.64. The largest absolute Gasteiger partial charge is 0.481 e. The van der Waals surface area contributed by atoms with Crippen molar-refractivity contribution in [3.05, 3.63) is 29.6 Å². The average Bonchev–Trinajstić information content (AvgIpc) is 2.42. The van der Waals surface area contributed by atoms with E-state index < -0.39 is 11.9 Å². The molecule has 0 saturated carbocycles. The van der Waals surface area contributed by atoms with Crippen molar-refractivity contribution in [3.8, 4) is 5.75 Å². The number of nitrogens with one attached hydrogen (secondary N) is 1. The van der Waals surface area contributed by atoms with E-state index in [1.54, 1.807) is 20.1 Å². The topological polar surface area (TPSA) is 67.8 Å². The molecule has 0 aromatic heterocycles. The average molecular weight is 285 g/mol. The number of methoxy groups -OCH3 is 1. The minimum atomic E-state index is -0.748. The van der Waals surface area contributed by atoms with Crippen molar-refractivity contribution in [1.29, 1.82) is 0 Å². The molecule has 0 spiro atoms. The summed E-state index contributed by atoms with van der Waals surface area (Å²) in [5.74, 6) is -0.933. The van der Waals surface area contributed by atoms with E-state index in [9.17, 15) is 14.3 Å². The second kappa shape index (κ2) is 8.50. The van der Waals surface area contributed by atoms with Gasteiger partial charge in [-0.25, -0.2) is 4.39 Å². The number of ether oxygens (including phenoxy) is 2. The molecular formula is C14H20FNO4. The van der Waals surface area contributed by atoms with Crippen molar-refractivity contribution >= 4 is 5.91 Å². The Morgan fingerprint density at radius 1 is 1.50 bits per heavy atom. The number of benzene rings is 1. The SMILES string of the molecule is COCCCNC(=O)COc1ccc([C@H](C)O)cc1F. The van der Waals surface area contributed by atoms with Crippen LogP contribution in [0, 0.1) is 5.82 Å². The van der Waals surface area contributed by atoms with Crippen molar-refractivity contribution in [2.24, 2.45) is 0 Å². The van der Waals surface area contributed by atoms with Crippen molar-refractivity contribution in [3.63, 3.8) is 0 Å². The highest BCUT2D eigenvalue weighted by Crippen LogP contribution is 2.21. The maximum atomic E-state index is 13.6. The van der Waals surface area contributed by atoms with Crippen molar-refractivity contribution in [2.45, 2.75) is 19.4 Å². The van der Waals surface area contributed by atoms with Crippen LogP contribution in [-0.4, -0.2) is 37.9 Å². The highest BCUT2D eigenvalue weighted by Gasteiger charge is 2.09. The lowest BCUT2D eigenvalue weighted by Crippen LogP contribution is -2.30. The Morgan fingerprint density at radius 3 is 2.85 bits per heavy atom. The minimum Gasteiger partial charge on any atom is -0.481 e. The van der Waals surface area contributed by atoms with E-state index in [2.05, 4.69) is 5.32 Å². The molecule has 20 heavy (non-hydrogen) atoms. The molecule has 5 nitrogen and oxygen atoms in total. The van der Waals surface area contributed by atoms with Crippen LogP contribution in [0.3, 0.4) is 0 Å². The van der Waals surface area contributed by atoms with E-state index in [0.29, 0.717) is 25.1 Å². The van der Waals surface area contributed by atoms with Gasteiger partial charge in [-0.15, -0.1) is 0 Å². The number of hydrogen-bond acceptors (Lipinski definition) is 4. The molecule has 0 saturated heterocycles. The normalized spacial score (nSPS) is 12.0. The molecular weight excluding hydrogens is 265 g/mol. The molecule has 1 amide bonds. The number of aliphatic hydroxyl groups excluding tert-OH is 1. The number of rotatable bonds is 8. The van der Waals surface area contributed by atoms with Crippen LogP contribution >= 0.6 is 0 Å². The van der Waals surface area contributed by atoms with Gasteiger partial charge in [-0.1, -0.05) is 6.07 Å². The second-order valence-corrected chi connectivity index (χ2v) is 4.35. The number of amides is 1. The summed E-state index contributed by atoms with van der Waals surface area (Å²) in [7, 11) is 1.59. The summed E-state index contributed by atoms with van der Waals surface area (Å²) >= 11 is 0. The number of carbonyl (C=O) groups is 1. The zero-order valence-corrected chi connectivity index (χ0v) is 11.7. The van der Waals surface area contributed by atoms with Crippen LogP contribution in [0.4, 0.5) is 4.39 Å². The van der Waals surface area contributed by atoms with Crippen molar-refractivity contribution < 1.29 is 23.8 Å². The Labute approximate surface area is 117 Å². The minimum absolute atomic E-state index is 0.0126. The Hall–Kier alpha value is -1.66. The van der Waals surface area contributed by atoms with E-state index in [1.807, 2.05) is 0 Å². The van der Waals surface area contributed by atoms with E-state index in [1.165, 1.54) is 12.1 Å². The van der Waals surface area contributed by atoms with E-state index in [-0.39, 0.29) is 18.3 Å². The predicted molar refractivity (Wildman–Crippen MR) is 72.0 cm³/mol. The van der Waals surface area contributed by atoms with Gasteiger partial charge in [0.2, 0.25) is 0 Å². The summed E-state index contributed by atoms with van der Waals surface area (Å²) in [6.07, 6.45) is -0.0395. The van der Waals surface area contributed by atoms with Crippen LogP contribution in [0.1, 0.15) is 25.0 Å². The van der Waals surface area contributed by atoms with Gasteiger partial charge in [0.05, 0.1) is 6.10 Å². The fourth-order valence-corrected chi connectivity index (χ4v) is 1.53. The van der Waals surface area contributed by atoms with Gasteiger partial charge < -0.3 is 19.9 Å². The molecule has 1 aromatic rings. The van der Waals surface area contributed by atoms with Gasteiger partial charge in [-0.3, -0.25) is 4.79 Å². The summed E-state index contributed by atoms with van der Waals surface area (Å²) in [6, 6.07) is 4.14. The lowest BCUT2D eigenvalue weighted by Gasteiger charge is -2.10. The Balaban J connectivity index is 2.39. The van der Waals surface area contributed by atoms with Gasteiger partial charge in [-0.2, -0.15) is 0 Å². The van der Waals surface area contributed by atoms with Gasteiger partial charge >= 0.3 is 0 Å². The first kappa shape index (κ1) is 16.4. The fourth-order valence-electron chi connectivity index (χ4n) is 1.53. The van der Waals surface area contributed by atoms with Gasteiger partial charge in [0, 0.05) is 20.3 Å². The van der Waals surface area contributed by atoms with Gasteiger partial charge in [0.25, 0.3) is 5.91 Å². The van der Waals surface area contributed by atoms with E-state index in [4.69, 9.17) is 9.47 Å². The molecule has 0 unspecified atom stereocenters. The van der Waals surface area contributed by atoms with Gasteiger partial charge in [0.15, 0.2) is 18.2 Å². The molecule has 1 rings (SSSR count). The third-order valence-corrected chi connectivity index (χ3v) is 2.64. The van der Waals surface area contributed by atoms with Crippen LogP contribution in [0.15, 0.2) is 18.2 Å². The van der Waals surface area contributed by atoms with E-state index >= 15 is 0 Å². The molecule has 0 bridgehead atoms. The molecule has 0 heterocycles. The maximum absolute atomic E-state index is 13.6. The van der Waals surface area contributed by atoms with Gasteiger partial charge in [-0.05, 0) is 31.0 Å². The smallest absolute Gasteiger partial charge is 0.257 e. The first-order chi connectivity index (χ1) is 9.54.